The van der Waals surface area contributed by atoms with E-state index in [0.717, 1.165) is 51.1 Å². The van der Waals surface area contributed by atoms with E-state index in [4.69, 9.17) is 9.47 Å². The Labute approximate surface area is 390 Å². The summed E-state index contributed by atoms with van der Waals surface area (Å²) in [7, 11) is 0. The molecule has 8 heteroatoms. The maximum atomic E-state index is 7.32. The minimum atomic E-state index is -2.97. The summed E-state index contributed by atoms with van der Waals surface area (Å²) in [5, 5.41) is 2.37. The number of anilines is 12. The van der Waals surface area contributed by atoms with Crippen molar-refractivity contribution in [2.24, 2.45) is 0 Å². The van der Waals surface area contributed by atoms with Crippen LogP contribution in [0.5, 0.6) is 23.0 Å². The standard InChI is InChI=1S/C58H36Ge2N4O2/c1-5-17-36(18-6-1)61-40-25-13-27-42-51(40)59-53-44(61)29-15-31-46(53)65-48-33-35-34-49-56-58(50(35)57(55(48)59)63(42)38-21-9-3-10-22-38)64(39-23-11-4-12-24-39)43-28-14-26-41-52(43)60(56)54-45(30-16-32-47(54)66-49)62(41)37-19-7-2-8-20-37/h1-34,59-60H. The van der Waals surface area contributed by atoms with Crippen molar-refractivity contribution in [3.63, 3.8) is 0 Å². The molecule has 6 nitrogen and oxygen atoms in total. The summed E-state index contributed by atoms with van der Waals surface area (Å²) in [5.41, 5.74) is 14.6. The molecule has 0 N–H and O–H groups in total. The summed E-state index contributed by atoms with van der Waals surface area (Å²) in [6, 6.07) is 75.9. The summed E-state index contributed by atoms with van der Waals surface area (Å²) in [4.78, 5) is 10.2. The van der Waals surface area contributed by atoms with Crippen molar-refractivity contribution in [3.8, 4) is 23.0 Å². The van der Waals surface area contributed by atoms with Gasteiger partial charge in [-0.2, -0.15) is 0 Å². The molecule has 10 aromatic carbocycles. The summed E-state index contributed by atoms with van der Waals surface area (Å²) in [6.07, 6.45) is 0. The Bertz CT molecular complexity index is 3520. The molecule has 6 heterocycles. The van der Waals surface area contributed by atoms with Gasteiger partial charge in [-0.05, 0) is 0 Å². The normalized spacial score (nSPS) is 16.6. The molecule has 0 saturated carbocycles. The van der Waals surface area contributed by atoms with Gasteiger partial charge in [0.1, 0.15) is 0 Å². The average Bonchev–Trinajstić information content (AvgIpc) is 3.37. The number of benzene rings is 10. The van der Waals surface area contributed by atoms with Gasteiger partial charge in [-0.3, -0.25) is 0 Å². The van der Waals surface area contributed by atoms with Crippen molar-refractivity contribution in [1.29, 1.82) is 0 Å². The van der Waals surface area contributed by atoms with Crippen molar-refractivity contribution < 1.29 is 9.47 Å². The number of hydrogen-bond acceptors (Lipinski definition) is 6. The molecule has 16 rings (SSSR count). The summed E-state index contributed by atoms with van der Waals surface area (Å²) in [6.45, 7) is 0. The van der Waals surface area contributed by atoms with Crippen LogP contribution >= 0.6 is 0 Å². The number of fused-ring (bicyclic) bond motifs is 3. The molecular formula is C58H36Ge2N4O2. The predicted molar refractivity (Wildman–Crippen MR) is 275 cm³/mol. The molecule has 0 aromatic heterocycles. The number of ether oxygens (including phenoxy) is 2. The fourth-order valence-corrected chi connectivity index (χ4v) is 28.5. The van der Waals surface area contributed by atoms with Crippen LogP contribution in [0, 0.1) is 0 Å². The molecule has 0 amide bonds. The zero-order valence-corrected chi connectivity index (χ0v) is 40.2. The molecule has 0 fully saturated rings. The van der Waals surface area contributed by atoms with Gasteiger partial charge in [-0.15, -0.1) is 0 Å². The van der Waals surface area contributed by atoms with Crippen LogP contribution in [0.25, 0.3) is 10.8 Å². The first-order chi connectivity index (χ1) is 32.8. The van der Waals surface area contributed by atoms with Crippen LogP contribution in [0.2, 0.25) is 0 Å². The maximum absolute atomic E-state index is 7.32. The van der Waals surface area contributed by atoms with E-state index in [2.05, 4.69) is 226 Å². The zero-order valence-electron chi connectivity index (χ0n) is 35.4. The second-order valence-corrected chi connectivity index (χ2v) is 28.8. The zero-order chi connectivity index (χ0) is 42.8. The van der Waals surface area contributed by atoms with E-state index in [1.807, 2.05) is 0 Å². The molecule has 6 aliphatic heterocycles. The quantitative estimate of drug-likeness (QED) is 0.163. The fourth-order valence-electron chi connectivity index (χ4n) is 12.4. The third kappa shape index (κ3) is 4.48. The Morgan fingerprint density at radius 2 is 0.591 bits per heavy atom. The van der Waals surface area contributed by atoms with E-state index in [-0.39, 0.29) is 0 Å². The summed E-state index contributed by atoms with van der Waals surface area (Å²) >= 11 is -5.95. The third-order valence-corrected chi connectivity index (χ3v) is 29.2. The van der Waals surface area contributed by atoms with Gasteiger partial charge in [0.05, 0.1) is 0 Å². The second-order valence-electron chi connectivity index (χ2n) is 17.9. The number of nitrogens with zero attached hydrogens (tertiary/aromatic N) is 4. The Hall–Kier alpha value is -7.65. The first-order valence-electron chi connectivity index (χ1n) is 22.8. The molecular weight excluding hydrogens is 930 g/mol. The molecule has 0 spiro atoms. The van der Waals surface area contributed by atoms with Crippen LogP contribution in [0.3, 0.4) is 0 Å². The van der Waals surface area contributed by atoms with Gasteiger partial charge >= 0.3 is 392 Å². The van der Waals surface area contributed by atoms with Gasteiger partial charge in [0.25, 0.3) is 0 Å². The number of hydrogen-bond donors (Lipinski definition) is 0. The second kappa shape index (κ2) is 13.0. The molecule has 66 heavy (non-hydrogen) atoms. The molecule has 0 saturated heterocycles. The van der Waals surface area contributed by atoms with Crippen molar-refractivity contribution in [1.82, 2.24) is 0 Å². The summed E-state index contributed by atoms with van der Waals surface area (Å²) < 4.78 is 23.2. The predicted octanol–water partition coefficient (Wildman–Crippen LogP) is 10.7. The topological polar surface area (TPSA) is 31.4 Å². The molecule has 0 radical (unpaired) electrons. The molecule has 0 aliphatic carbocycles. The van der Waals surface area contributed by atoms with Gasteiger partial charge in [0, 0.05) is 0 Å². The Kier molecular flexibility index (Phi) is 7.02. The van der Waals surface area contributed by atoms with Crippen molar-refractivity contribution in [3.05, 3.63) is 206 Å². The molecule has 2 unspecified atom stereocenters. The Balaban J connectivity index is 1.07. The van der Waals surface area contributed by atoms with Crippen molar-refractivity contribution >= 4 is 134 Å². The third-order valence-electron chi connectivity index (χ3n) is 14.7. The molecule has 2 atom stereocenters. The SMILES string of the molecule is c1ccc(N2c3cccc4[c]3[GeH]3[c]5c2cccc5N(c2ccccc2)c2[c]3c(cc3cc5[c]6c(c23)N(c2ccccc2)c2cccc3[c]2[GeH]6[c]2c(cccc2N3c2ccccc2)O5)O4)cc1. The fraction of sp³-hybridized carbons (Fsp3) is 0. The Morgan fingerprint density at radius 1 is 0.273 bits per heavy atom. The van der Waals surface area contributed by atoms with Gasteiger partial charge in [-0.25, -0.2) is 0 Å². The Morgan fingerprint density at radius 3 is 0.970 bits per heavy atom. The van der Waals surface area contributed by atoms with Crippen LogP contribution in [0.4, 0.5) is 68.2 Å². The molecule has 10 aromatic rings. The summed E-state index contributed by atoms with van der Waals surface area (Å²) in [5.74, 6) is 3.90. The molecule has 308 valence electrons. The average molecular weight is 966 g/mol. The van der Waals surface area contributed by atoms with Crippen LogP contribution in [-0.2, 0) is 0 Å². The van der Waals surface area contributed by atoms with E-state index in [0.29, 0.717) is 0 Å². The van der Waals surface area contributed by atoms with Gasteiger partial charge in [-0.1, -0.05) is 0 Å². The minimum absolute atomic E-state index is 0.967. The van der Waals surface area contributed by atoms with Crippen LogP contribution in [-0.4, -0.2) is 28.7 Å². The van der Waals surface area contributed by atoms with Gasteiger partial charge in [0.2, 0.25) is 0 Å². The molecule has 6 aliphatic rings. The van der Waals surface area contributed by atoms with E-state index in [9.17, 15) is 0 Å². The monoisotopic (exact) mass is 968 g/mol. The van der Waals surface area contributed by atoms with E-state index < -0.39 is 28.7 Å². The first-order valence-corrected chi connectivity index (χ1v) is 30.0. The first kappa shape index (κ1) is 35.7. The van der Waals surface area contributed by atoms with Gasteiger partial charge in [0.15, 0.2) is 0 Å². The van der Waals surface area contributed by atoms with E-state index in [1.165, 1.54) is 77.3 Å². The van der Waals surface area contributed by atoms with Crippen LogP contribution in [0.15, 0.2) is 206 Å². The van der Waals surface area contributed by atoms with Crippen LogP contribution < -0.4 is 55.4 Å². The van der Waals surface area contributed by atoms with E-state index >= 15 is 0 Å². The van der Waals surface area contributed by atoms with Crippen molar-refractivity contribution in [2.45, 2.75) is 0 Å². The number of rotatable bonds is 4. The molecule has 0 bridgehead atoms. The van der Waals surface area contributed by atoms with Crippen LogP contribution in [0.1, 0.15) is 0 Å². The van der Waals surface area contributed by atoms with Crippen molar-refractivity contribution in [2.75, 3.05) is 19.6 Å². The van der Waals surface area contributed by atoms with E-state index in [1.54, 1.807) is 0 Å². The number of para-hydroxylation sites is 4. The van der Waals surface area contributed by atoms with Gasteiger partial charge < -0.3 is 0 Å².